The third-order valence-electron chi connectivity index (χ3n) is 3.73. The zero-order valence-electron chi connectivity index (χ0n) is 13.0. The van der Waals surface area contributed by atoms with E-state index in [1.165, 1.54) is 18.1 Å². The summed E-state index contributed by atoms with van der Waals surface area (Å²) in [6.07, 6.45) is -1.84. The van der Waals surface area contributed by atoms with E-state index in [4.69, 9.17) is 20.0 Å². The van der Waals surface area contributed by atoms with E-state index in [9.17, 15) is 14.0 Å². The Balaban J connectivity index is 1.95. The van der Waals surface area contributed by atoms with Crippen LogP contribution in [-0.4, -0.2) is 51.2 Å². The van der Waals surface area contributed by atoms with Crippen molar-refractivity contribution >= 4 is 29.2 Å². The average molecular weight is 338 g/mol. The van der Waals surface area contributed by atoms with Crippen LogP contribution in [0.15, 0.2) is 17.3 Å². The summed E-state index contributed by atoms with van der Waals surface area (Å²) in [4.78, 5) is 30.3. The number of amides is 2. The molecule has 1 saturated heterocycles. The molecule has 0 aromatic heterocycles. The van der Waals surface area contributed by atoms with Gasteiger partial charge >= 0.3 is 6.09 Å². The van der Waals surface area contributed by atoms with Crippen LogP contribution in [0.3, 0.4) is 0 Å². The summed E-state index contributed by atoms with van der Waals surface area (Å²) >= 11 is 0. The lowest BCUT2D eigenvalue weighted by molar-refractivity contribution is -0.124. The zero-order valence-corrected chi connectivity index (χ0v) is 13.0. The molecule has 128 valence electrons. The number of nitrogens with two attached hydrogens (primary N) is 1. The van der Waals surface area contributed by atoms with Crippen LogP contribution in [0.1, 0.15) is 0 Å². The quantitative estimate of drug-likeness (QED) is 0.801. The van der Waals surface area contributed by atoms with Crippen LogP contribution in [-0.2, 0) is 14.4 Å². The van der Waals surface area contributed by atoms with Crippen LogP contribution in [0.25, 0.3) is 0 Å². The second-order valence-electron chi connectivity index (χ2n) is 5.20. The minimum atomic E-state index is -1.07. The molecular formula is C14H15FN4O5. The van der Waals surface area contributed by atoms with Gasteiger partial charge in [0.25, 0.3) is 5.91 Å². The Morgan fingerprint density at radius 2 is 2.25 bits per heavy atom. The number of fused-ring (bicyclic) bond motifs is 1. The van der Waals surface area contributed by atoms with Gasteiger partial charge in [0.2, 0.25) is 0 Å². The summed E-state index contributed by atoms with van der Waals surface area (Å²) in [6.45, 7) is -0.00674. The molecule has 9 nitrogen and oxygen atoms in total. The molecule has 1 aromatic carbocycles. The maximum atomic E-state index is 14.5. The zero-order chi connectivity index (χ0) is 17.4. The molecule has 2 aliphatic rings. The van der Waals surface area contributed by atoms with E-state index in [1.54, 1.807) is 7.05 Å². The number of rotatable bonds is 3. The standard InChI is InChI=1S/C14H15FN4O5/c1-18-11(17-22-2)6-23-9-4-7(3-8(15)12(9)18)19-5-10(13(16)20)24-14(19)21/h3-4,10H,5-6H2,1-2H3,(H2,16,20)/t10-/m1/s1. The lowest BCUT2D eigenvalue weighted by Gasteiger charge is -2.29. The fraction of sp³-hybridized carbons (Fsp3) is 0.357. The van der Waals surface area contributed by atoms with Gasteiger partial charge in [-0.2, -0.15) is 0 Å². The molecule has 2 amide bonds. The molecular weight excluding hydrogens is 323 g/mol. The minimum absolute atomic E-state index is 0.0780. The second kappa shape index (κ2) is 5.87. The number of halogens is 1. The highest BCUT2D eigenvalue weighted by molar-refractivity contribution is 6.02. The van der Waals surface area contributed by atoms with Gasteiger partial charge < -0.3 is 24.9 Å². The van der Waals surface area contributed by atoms with Crippen molar-refractivity contribution in [2.75, 3.05) is 37.1 Å². The van der Waals surface area contributed by atoms with Gasteiger partial charge in [-0.05, 0) is 0 Å². The van der Waals surface area contributed by atoms with Crippen LogP contribution < -0.4 is 20.3 Å². The second-order valence-corrected chi connectivity index (χ2v) is 5.20. The van der Waals surface area contributed by atoms with E-state index in [1.807, 2.05) is 0 Å². The summed E-state index contributed by atoms with van der Waals surface area (Å²) < 4.78 is 24.9. The van der Waals surface area contributed by atoms with Gasteiger partial charge in [-0.15, -0.1) is 0 Å². The van der Waals surface area contributed by atoms with Gasteiger partial charge in [0.1, 0.15) is 25.2 Å². The Kier molecular flexibility index (Phi) is 3.87. The first kappa shape index (κ1) is 15.8. The maximum Gasteiger partial charge on any atom is 0.415 e. The van der Waals surface area contributed by atoms with Gasteiger partial charge in [-0.1, -0.05) is 5.16 Å². The smallest absolute Gasteiger partial charge is 0.415 e. The van der Waals surface area contributed by atoms with Crippen LogP contribution in [0.5, 0.6) is 5.75 Å². The van der Waals surface area contributed by atoms with Crippen LogP contribution in [0.4, 0.5) is 20.6 Å². The first-order valence-electron chi connectivity index (χ1n) is 7.00. The third kappa shape index (κ3) is 2.55. The number of carbonyl (C=O) groups is 2. The lowest BCUT2D eigenvalue weighted by Crippen LogP contribution is -2.37. The van der Waals surface area contributed by atoms with Gasteiger partial charge in [0.05, 0.1) is 12.2 Å². The SMILES string of the molecule is CON=C1COc2cc(N3C[C@H](C(N)=O)OC3=O)cc(F)c2N1C. The lowest BCUT2D eigenvalue weighted by atomic mass is 10.2. The summed E-state index contributed by atoms with van der Waals surface area (Å²) in [5.74, 6) is -0.756. The number of anilines is 2. The molecule has 0 saturated carbocycles. The normalized spacial score (nSPS) is 21.4. The summed E-state index contributed by atoms with van der Waals surface area (Å²) in [5.41, 5.74) is 5.50. The van der Waals surface area contributed by atoms with Crippen molar-refractivity contribution in [2.45, 2.75) is 6.10 Å². The van der Waals surface area contributed by atoms with Gasteiger partial charge in [0.15, 0.2) is 17.8 Å². The highest BCUT2D eigenvalue weighted by Crippen LogP contribution is 2.38. The number of amidine groups is 1. The highest BCUT2D eigenvalue weighted by Gasteiger charge is 2.37. The third-order valence-corrected chi connectivity index (χ3v) is 3.73. The number of primary amides is 1. The molecule has 2 N–H and O–H groups in total. The molecule has 3 rings (SSSR count). The van der Waals surface area contributed by atoms with Crippen LogP contribution in [0, 0.1) is 5.82 Å². The van der Waals surface area contributed by atoms with Crippen molar-refractivity contribution in [1.29, 1.82) is 0 Å². The Labute approximate surface area is 136 Å². The predicted octanol–water partition coefficient (Wildman–Crippen LogP) is 0.425. The Morgan fingerprint density at radius 1 is 1.50 bits per heavy atom. The fourth-order valence-electron chi connectivity index (χ4n) is 2.53. The Bertz CT molecular complexity index is 738. The number of cyclic esters (lactones) is 1. The summed E-state index contributed by atoms with van der Waals surface area (Å²) in [7, 11) is 3.00. The summed E-state index contributed by atoms with van der Waals surface area (Å²) in [6, 6.07) is 2.64. The van der Waals surface area contributed by atoms with Gasteiger partial charge in [-0.25, -0.2) is 9.18 Å². The van der Waals surface area contributed by atoms with Crippen molar-refractivity contribution < 1.29 is 28.3 Å². The van der Waals surface area contributed by atoms with Crippen molar-refractivity contribution in [1.82, 2.24) is 0 Å². The molecule has 0 radical (unpaired) electrons. The highest BCUT2D eigenvalue weighted by atomic mass is 19.1. The molecule has 2 aliphatic heterocycles. The van der Waals surface area contributed by atoms with Crippen molar-refractivity contribution in [2.24, 2.45) is 10.9 Å². The molecule has 1 aromatic rings. The molecule has 0 aliphatic carbocycles. The molecule has 0 bridgehead atoms. The Hall–Kier alpha value is -3.04. The molecule has 0 unspecified atom stereocenters. The maximum absolute atomic E-state index is 14.5. The number of oxime groups is 1. The van der Waals surface area contributed by atoms with E-state index >= 15 is 0 Å². The molecule has 1 atom stereocenters. The number of likely N-dealkylation sites (N-methyl/N-ethyl adjacent to an activating group) is 1. The molecule has 2 heterocycles. The molecule has 24 heavy (non-hydrogen) atoms. The monoisotopic (exact) mass is 338 g/mol. The van der Waals surface area contributed by atoms with Crippen molar-refractivity contribution in [3.05, 3.63) is 17.9 Å². The van der Waals surface area contributed by atoms with E-state index in [0.717, 1.165) is 11.0 Å². The van der Waals surface area contributed by atoms with Crippen LogP contribution in [0.2, 0.25) is 0 Å². The minimum Gasteiger partial charge on any atom is -0.483 e. The van der Waals surface area contributed by atoms with Gasteiger partial charge in [0, 0.05) is 19.2 Å². The van der Waals surface area contributed by atoms with Crippen molar-refractivity contribution in [3.8, 4) is 5.75 Å². The number of nitrogens with zero attached hydrogens (tertiary/aromatic N) is 3. The average Bonchev–Trinajstić information content (AvgIpc) is 2.92. The van der Waals surface area contributed by atoms with Crippen molar-refractivity contribution in [3.63, 3.8) is 0 Å². The van der Waals surface area contributed by atoms with E-state index in [0.29, 0.717) is 5.84 Å². The van der Waals surface area contributed by atoms with E-state index in [2.05, 4.69) is 5.16 Å². The number of hydrogen-bond acceptors (Lipinski definition) is 6. The van der Waals surface area contributed by atoms with E-state index in [-0.39, 0.29) is 30.3 Å². The Morgan fingerprint density at radius 3 is 2.88 bits per heavy atom. The summed E-state index contributed by atoms with van der Waals surface area (Å²) in [5, 5.41) is 3.76. The molecule has 10 heteroatoms. The largest absolute Gasteiger partial charge is 0.483 e. The number of ether oxygens (including phenoxy) is 2. The number of benzene rings is 1. The first-order valence-corrected chi connectivity index (χ1v) is 7.00. The van der Waals surface area contributed by atoms with Crippen LogP contribution >= 0.6 is 0 Å². The van der Waals surface area contributed by atoms with E-state index < -0.39 is 23.9 Å². The fourth-order valence-corrected chi connectivity index (χ4v) is 2.53. The topological polar surface area (TPSA) is 107 Å². The first-order chi connectivity index (χ1) is 11.4. The number of carbonyl (C=O) groups excluding carboxylic acids is 2. The molecule has 0 spiro atoms. The molecule has 1 fully saturated rings. The number of hydrogen-bond donors (Lipinski definition) is 1. The van der Waals surface area contributed by atoms with Gasteiger partial charge in [-0.3, -0.25) is 9.69 Å². The predicted molar refractivity (Wildman–Crippen MR) is 81.6 cm³/mol.